The normalized spacial score (nSPS) is 15.8. The van der Waals surface area contributed by atoms with E-state index in [0.29, 0.717) is 29.4 Å². The Balaban J connectivity index is 1.89. The number of imide groups is 1. The van der Waals surface area contributed by atoms with Gasteiger partial charge < -0.3 is 19.3 Å². The van der Waals surface area contributed by atoms with Crippen molar-refractivity contribution in [2.75, 3.05) is 18.6 Å². The lowest BCUT2D eigenvalue weighted by atomic mass is 10.1. The molecule has 1 aliphatic heterocycles. The Morgan fingerprint density at radius 3 is 2.58 bits per heavy atom. The summed E-state index contributed by atoms with van der Waals surface area (Å²) in [6, 6.07) is 11.7. The highest BCUT2D eigenvalue weighted by atomic mass is 32.2. The van der Waals surface area contributed by atoms with Crippen molar-refractivity contribution in [2.24, 2.45) is 0 Å². The van der Waals surface area contributed by atoms with Crippen LogP contribution in [0.4, 0.5) is 10.5 Å². The van der Waals surface area contributed by atoms with Gasteiger partial charge in [0.05, 0.1) is 24.3 Å². The van der Waals surface area contributed by atoms with Crippen LogP contribution in [0.1, 0.15) is 19.4 Å². The van der Waals surface area contributed by atoms with Gasteiger partial charge in [-0.1, -0.05) is 18.2 Å². The van der Waals surface area contributed by atoms with Gasteiger partial charge in [0.15, 0.2) is 17.6 Å². The largest absolute Gasteiger partial charge is 0.493 e. The fourth-order valence-corrected chi connectivity index (χ4v) is 3.69. The van der Waals surface area contributed by atoms with Gasteiger partial charge >= 0.3 is 5.97 Å². The third-order valence-corrected chi connectivity index (χ3v) is 5.21. The minimum absolute atomic E-state index is 0.242. The van der Waals surface area contributed by atoms with E-state index < -0.39 is 23.2 Å². The van der Waals surface area contributed by atoms with Crippen LogP contribution in [0.3, 0.4) is 0 Å². The maximum atomic E-state index is 13.0. The molecule has 1 fully saturated rings. The average molecular weight is 443 g/mol. The van der Waals surface area contributed by atoms with Gasteiger partial charge in [-0.2, -0.15) is 0 Å². The molecule has 8 nitrogen and oxygen atoms in total. The van der Waals surface area contributed by atoms with Crippen molar-refractivity contribution in [3.05, 3.63) is 52.9 Å². The van der Waals surface area contributed by atoms with Crippen LogP contribution >= 0.6 is 11.8 Å². The van der Waals surface area contributed by atoms with Gasteiger partial charge in [0.2, 0.25) is 0 Å². The molecule has 1 N–H and O–H groups in total. The Hall–Kier alpha value is -3.46. The zero-order valence-electron chi connectivity index (χ0n) is 17.2. The lowest BCUT2D eigenvalue weighted by molar-refractivity contribution is -0.144. The van der Waals surface area contributed by atoms with Crippen molar-refractivity contribution >= 4 is 40.6 Å². The van der Waals surface area contributed by atoms with Crippen LogP contribution in [0.15, 0.2) is 47.4 Å². The number of methoxy groups -OCH3 is 1. The Morgan fingerprint density at radius 1 is 1.16 bits per heavy atom. The van der Waals surface area contributed by atoms with E-state index in [1.807, 2.05) is 6.92 Å². The molecule has 2 aromatic carbocycles. The van der Waals surface area contributed by atoms with Gasteiger partial charge in [0.1, 0.15) is 5.75 Å². The molecule has 0 radical (unpaired) electrons. The Morgan fingerprint density at radius 2 is 1.90 bits per heavy atom. The first-order valence-electron chi connectivity index (χ1n) is 9.43. The summed E-state index contributed by atoms with van der Waals surface area (Å²) in [5.74, 6) is -0.548. The Bertz CT molecular complexity index is 1050. The number of para-hydroxylation sites is 2. The Labute approximate surface area is 183 Å². The maximum Gasteiger partial charge on any atom is 0.344 e. The number of nitrogens with zero attached hydrogens (tertiary/aromatic N) is 1. The predicted molar refractivity (Wildman–Crippen MR) is 117 cm³/mol. The predicted octanol–water partition coefficient (Wildman–Crippen LogP) is 4.19. The number of ether oxygens (including phenoxy) is 3. The molecular weight excluding hydrogens is 422 g/mol. The molecule has 162 valence electrons. The molecule has 1 atom stereocenters. The first kappa shape index (κ1) is 22.2. The second-order valence-electron chi connectivity index (χ2n) is 6.43. The first-order chi connectivity index (χ1) is 14.8. The van der Waals surface area contributed by atoms with Crippen LogP contribution in [0.5, 0.6) is 17.2 Å². The molecule has 3 rings (SSSR count). The minimum Gasteiger partial charge on any atom is -0.493 e. The van der Waals surface area contributed by atoms with E-state index in [4.69, 9.17) is 19.3 Å². The van der Waals surface area contributed by atoms with Crippen molar-refractivity contribution in [3.63, 3.8) is 0 Å². The van der Waals surface area contributed by atoms with Gasteiger partial charge in [0.25, 0.3) is 11.1 Å². The molecule has 2 amide bonds. The van der Waals surface area contributed by atoms with Gasteiger partial charge in [-0.25, -0.2) is 9.69 Å². The van der Waals surface area contributed by atoms with Crippen molar-refractivity contribution < 1.29 is 33.7 Å². The second kappa shape index (κ2) is 9.57. The highest BCUT2D eigenvalue weighted by Gasteiger charge is 2.37. The van der Waals surface area contributed by atoms with Crippen molar-refractivity contribution in [3.8, 4) is 17.2 Å². The maximum absolute atomic E-state index is 13.0. The highest BCUT2D eigenvalue weighted by Crippen LogP contribution is 2.40. The molecule has 1 heterocycles. The molecule has 0 bridgehead atoms. The molecule has 0 aliphatic carbocycles. The SMILES string of the molecule is CCOc1ccccc1N1C(=O)S/C(=C/c2ccc(OC(C)C(=O)O)c(OC)c2)C1=O. The number of hydrogen-bond donors (Lipinski definition) is 1. The molecular formula is C22H21NO7S. The summed E-state index contributed by atoms with van der Waals surface area (Å²) in [7, 11) is 1.43. The van der Waals surface area contributed by atoms with Crippen LogP contribution in [-0.4, -0.2) is 42.0 Å². The quantitative estimate of drug-likeness (QED) is 0.606. The topological polar surface area (TPSA) is 102 Å². The van der Waals surface area contributed by atoms with Crippen LogP contribution in [0.2, 0.25) is 0 Å². The summed E-state index contributed by atoms with van der Waals surface area (Å²) < 4.78 is 16.2. The van der Waals surface area contributed by atoms with Crippen molar-refractivity contribution in [1.29, 1.82) is 0 Å². The number of thioether (sulfide) groups is 1. The molecule has 1 unspecified atom stereocenters. The zero-order valence-corrected chi connectivity index (χ0v) is 18.0. The number of benzene rings is 2. The standard InChI is InChI=1S/C22H21NO7S/c1-4-29-16-8-6-5-7-15(16)23-20(24)19(31-22(23)27)12-14-9-10-17(18(11-14)28-3)30-13(2)21(25)26/h5-13H,4H2,1-3H3,(H,25,26)/b19-12+. The molecule has 2 aromatic rings. The number of carboxylic acid groups (broad SMARTS) is 1. The molecule has 1 saturated heterocycles. The highest BCUT2D eigenvalue weighted by molar-refractivity contribution is 8.19. The van der Waals surface area contributed by atoms with Crippen molar-refractivity contribution in [1.82, 2.24) is 0 Å². The number of rotatable bonds is 8. The summed E-state index contributed by atoms with van der Waals surface area (Å²) in [6.45, 7) is 3.63. The number of carboxylic acids is 1. The van der Waals surface area contributed by atoms with E-state index in [1.165, 1.54) is 14.0 Å². The zero-order chi connectivity index (χ0) is 22.5. The number of amides is 2. The van der Waals surface area contributed by atoms with E-state index >= 15 is 0 Å². The summed E-state index contributed by atoms with van der Waals surface area (Å²) in [5, 5.41) is 8.59. The third kappa shape index (κ3) is 4.83. The molecule has 31 heavy (non-hydrogen) atoms. The summed E-state index contributed by atoms with van der Waals surface area (Å²) >= 11 is 0.824. The van der Waals surface area contributed by atoms with Gasteiger partial charge in [-0.3, -0.25) is 9.59 Å². The van der Waals surface area contributed by atoms with Crippen molar-refractivity contribution in [2.45, 2.75) is 20.0 Å². The number of aliphatic carboxylic acids is 1. The molecule has 0 aromatic heterocycles. The monoisotopic (exact) mass is 443 g/mol. The fraction of sp³-hybridized carbons (Fsp3) is 0.227. The smallest absolute Gasteiger partial charge is 0.344 e. The lowest BCUT2D eigenvalue weighted by Gasteiger charge is -2.16. The number of carbonyl (C=O) groups is 3. The average Bonchev–Trinajstić information content (AvgIpc) is 3.02. The van der Waals surface area contributed by atoms with Crippen LogP contribution < -0.4 is 19.1 Å². The third-order valence-electron chi connectivity index (χ3n) is 4.34. The van der Waals surface area contributed by atoms with Gasteiger partial charge in [0, 0.05) is 0 Å². The Kier molecular flexibility index (Phi) is 6.86. The van der Waals surface area contributed by atoms with Gasteiger partial charge in [-0.05, 0) is 61.5 Å². The van der Waals surface area contributed by atoms with E-state index in [1.54, 1.807) is 48.5 Å². The summed E-state index contributed by atoms with van der Waals surface area (Å²) in [4.78, 5) is 37.9. The summed E-state index contributed by atoms with van der Waals surface area (Å²) in [5.41, 5.74) is 0.981. The molecule has 0 saturated carbocycles. The van der Waals surface area contributed by atoms with E-state index in [2.05, 4.69) is 0 Å². The van der Waals surface area contributed by atoms with Crippen LogP contribution in [0, 0.1) is 0 Å². The lowest BCUT2D eigenvalue weighted by Crippen LogP contribution is -2.28. The first-order valence-corrected chi connectivity index (χ1v) is 10.2. The number of hydrogen-bond acceptors (Lipinski definition) is 7. The van der Waals surface area contributed by atoms with E-state index in [9.17, 15) is 14.4 Å². The van der Waals surface area contributed by atoms with E-state index in [0.717, 1.165) is 16.7 Å². The molecule has 1 aliphatic rings. The minimum atomic E-state index is -1.10. The van der Waals surface area contributed by atoms with E-state index in [-0.39, 0.29) is 10.7 Å². The summed E-state index contributed by atoms with van der Waals surface area (Å²) in [6.07, 6.45) is 0.517. The molecule has 9 heteroatoms. The van der Waals surface area contributed by atoms with Gasteiger partial charge in [-0.15, -0.1) is 0 Å². The molecule has 0 spiro atoms. The van der Waals surface area contributed by atoms with Crippen LogP contribution in [-0.2, 0) is 9.59 Å². The second-order valence-corrected chi connectivity index (χ2v) is 7.42. The number of anilines is 1. The number of carbonyl (C=O) groups excluding carboxylic acids is 2. The van der Waals surface area contributed by atoms with Crippen LogP contribution in [0.25, 0.3) is 6.08 Å². The fourth-order valence-electron chi connectivity index (χ4n) is 2.86.